The van der Waals surface area contributed by atoms with Crippen molar-refractivity contribution in [3.05, 3.63) is 42.0 Å². The number of hydrogen-bond acceptors (Lipinski definition) is 2. The van der Waals surface area contributed by atoms with E-state index >= 15 is 0 Å². The second-order valence-corrected chi connectivity index (χ2v) is 5.55. The summed E-state index contributed by atoms with van der Waals surface area (Å²) < 4.78 is 5.93. The Morgan fingerprint density at radius 1 is 1.32 bits per heavy atom. The molecule has 1 unspecified atom stereocenters. The van der Waals surface area contributed by atoms with Gasteiger partial charge in [-0.25, -0.2) is 0 Å². The van der Waals surface area contributed by atoms with Crippen molar-refractivity contribution >= 4 is 33.0 Å². The summed E-state index contributed by atoms with van der Waals surface area (Å²) in [5.74, 6) is 0.762. The zero-order valence-electron chi connectivity index (χ0n) is 10.9. The molecule has 0 aliphatic heterocycles. The number of hydrogen-bond donors (Lipinski definition) is 0. The average molecular weight is 321 g/mol. The molecular weight excluding hydrogens is 304 g/mol. The molecule has 3 heteroatoms. The van der Waals surface area contributed by atoms with E-state index in [4.69, 9.17) is 4.74 Å². The predicted octanol–water partition coefficient (Wildman–Crippen LogP) is 4.94. The second kappa shape index (κ2) is 6.71. The minimum Gasteiger partial charge on any atom is -0.479 e. The van der Waals surface area contributed by atoms with E-state index in [0.29, 0.717) is 5.56 Å². The highest BCUT2D eigenvalue weighted by molar-refractivity contribution is 9.09. The molecule has 0 bridgehead atoms. The van der Waals surface area contributed by atoms with Crippen molar-refractivity contribution in [1.82, 2.24) is 0 Å². The minimum atomic E-state index is -0.0160. The Kier molecular flexibility index (Phi) is 4.97. The molecule has 2 aromatic carbocycles. The molecule has 0 saturated carbocycles. The number of halogens is 1. The van der Waals surface area contributed by atoms with E-state index in [0.717, 1.165) is 42.1 Å². The third kappa shape index (κ3) is 3.57. The molecule has 0 saturated heterocycles. The van der Waals surface area contributed by atoms with Crippen LogP contribution < -0.4 is 4.74 Å². The molecule has 2 aromatic rings. The first-order valence-corrected chi connectivity index (χ1v) is 7.45. The molecule has 0 N–H and O–H groups in total. The van der Waals surface area contributed by atoms with Gasteiger partial charge in [-0.05, 0) is 46.3 Å². The molecule has 0 radical (unpaired) electrons. The fourth-order valence-electron chi connectivity index (χ4n) is 2.02. The minimum absolute atomic E-state index is 0.0160. The van der Waals surface area contributed by atoms with Crippen LogP contribution >= 0.6 is 15.9 Å². The lowest BCUT2D eigenvalue weighted by atomic mass is 10.1. The van der Waals surface area contributed by atoms with Crippen molar-refractivity contribution in [1.29, 1.82) is 0 Å². The standard InChI is InChI=1S/C16H17BrO2/c1-2-3-8-16(17)19-15-10-12(11-18)9-13-6-4-5-7-14(13)15/h4-7,9-11,16H,2-3,8H2,1H3. The summed E-state index contributed by atoms with van der Waals surface area (Å²) >= 11 is 3.54. The number of fused-ring (bicyclic) bond motifs is 1. The van der Waals surface area contributed by atoms with E-state index in [-0.39, 0.29) is 5.01 Å². The summed E-state index contributed by atoms with van der Waals surface area (Å²) in [7, 11) is 0. The van der Waals surface area contributed by atoms with Crippen molar-refractivity contribution < 1.29 is 9.53 Å². The second-order valence-electron chi connectivity index (χ2n) is 4.53. The van der Waals surface area contributed by atoms with Crippen LogP contribution in [0.5, 0.6) is 5.75 Å². The van der Waals surface area contributed by atoms with E-state index in [1.165, 1.54) is 0 Å². The van der Waals surface area contributed by atoms with Crippen LogP contribution in [0.25, 0.3) is 10.8 Å². The number of ether oxygens (including phenoxy) is 1. The summed E-state index contributed by atoms with van der Waals surface area (Å²) in [4.78, 5) is 11.0. The molecule has 100 valence electrons. The van der Waals surface area contributed by atoms with Crippen molar-refractivity contribution in [3.8, 4) is 5.75 Å². The van der Waals surface area contributed by atoms with Crippen molar-refractivity contribution in [3.63, 3.8) is 0 Å². The molecule has 2 nitrogen and oxygen atoms in total. The van der Waals surface area contributed by atoms with Crippen LogP contribution in [0.4, 0.5) is 0 Å². The van der Waals surface area contributed by atoms with Gasteiger partial charge in [0, 0.05) is 10.9 Å². The smallest absolute Gasteiger partial charge is 0.153 e. The number of benzene rings is 2. The van der Waals surface area contributed by atoms with Gasteiger partial charge in [0.05, 0.1) is 0 Å². The molecule has 19 heavy (non-hydrogen) atoms. The van der Waals surface area contributed by atoms with Gasteiger partial charge in [-0.15, -0.1) is 0 Å². The Morgan fingerprint density at radius 2 is 2.11 bits per heavy atom. The lowest BCUT2D eigenvalue weighted by molar-refractivity contribution is 0.112. The molecule has 0 amide bonds. The maximum absolute atomic E-state index is 11.0. The number of alkyl halides is 1. The number of aldehydes is 1. The predicted molar refractivity (Wildman–Crippen MR) is 82.2 cm³/mol. The molecule has 0 aliphatic carbocycles. The molecule has 2 rings (SSSR count). The largest absolute Gasteiger partial charge is 0.479 e. The van der Waals surface area contributed by atoms with Crippen LogP contribution in [0.2, 0.25) is 0 Å². The summed E-state index contributed by atoms with van der Waals surface area (Å²) in [6, 6.07) is 11.6. The maximum Gasteiger partial charge on any atom is 0.153 e. The zero-order chi connectivity index (χ0) is 13.7. The Labute approximate surface area is 121 Å². The average Bonchev–Trinajstić information content (AvgIpc) is 2.44. The van der Waals surface area contributed by atoms with Gasteiger partial charge in [-0.3, -0.25) is 4.79 Å². The number of unbranched alkanes of at least 4 members (excludes halogenated alkanes) is 1. The first-order chi connectivity index (χ1) is 9.24. The monoisotopic (exact) mass is 320 g/mol. The van der Waals surface area contributed by atoms with Crippen molar-refractivity contribution in [2.45, 2.75) is 31.2 Å². The van der Waals surface area contributed by atoms with Gasteiger partial charge in [0.1, 0.15) is 12.0 Å². The van der Waals surface area contributed by atoms with E-state index in [1.54, 1.807) is 6.07 Å². The van der Waals surface area contributed by atoms with Crippen molar-refractivity contribution in [2.24, 2.45) is 0 Å². The normalized spacial score (nSPS) is 12.3. The van der Waals surface area contributed by atoms with Crippen molar-refractivity contribution in [2.75, 3.05) is 0 Å². The van der Waals surface area contributed by atoms with Gasteiger partial charge in [0.15, 0.2) is 5.01 Å². The third-order valence-corrected chi connectivity index (χ3v) is 3.67. The molecule has 0 fully saturated rings. The van der Waals surface area contributed by atoms with Gasteiger partial charge in [0.2, 0.25) is 0 Å². The van der Waals surface area contributed by atoms with E-state index < -0.39 is 0 Å². The summed E-state index contributed by atoms with van der Waals surface area (Å²) in [6.45, 7) is 2.15. The summed E-state index contributed by atoms with van der Waals surface area (Å²) in [5, 5.41) is 2.05. The number of carbonyl (C=O) groups is 1. The van der Waals surface area contributed by atoms with Crippen LogP contribution in [0.1, 0.15) is 36.5 Å². The number of carbonyl (C=O) groups excluding carboxylic acids is 1. The zero-order valence-corrected chi connectivity index (χ0v) is 12.5. The lowest BCUT2D eigenvalue weighted by Gasteiger charge is -2.15. The highest BCUT2D eigenvalue weighted by Gasteiger charge is 2.09. The SMILES string of the molecule is CCCCC(Br)Oc1cc(C=O)cc2ccccc12. The van der Waals surface area contributed by atoms with Gasteiger partial charge >= 0.3 is 0 Å². The Bertz CT molecular complexity index is 566. The Morgan fingerprint density at radius 3 is 2.84 bits per heavy atom. The van der Waals surface area contributed by atoms with Crippen LogP contribution in [0.3, 0.4) is 0 Å². The molecule has 1 atom stereocenters. The highest BCUT2D eigenvalue weighted by Crippen LogP contribution is 2.29. The van der Waals surface area contributed by atoms with Crippen LogP contribution in [-0.4, -0.2) is 11.3 Å². The van der Waals surface area contributed by atoms with E-state index in [9.17, 15) is 4.79 Å². The first-order valence-electron chi connectivity index (χ1n) is 6.53. The van der Waals surface area contributed by atoms with Gasteiger partial charge < -0.3 is 4.74 Å². The molecule has 0 heterocycles. The first kappa shape index (κ1) is 14.1. The quantitative estimate of drug-likeness (QED) is 0.556. The fraction of sp³-hybridized carbons (Fsp3) is 0.312. The summed E-state index contributed by atoms with van der Waals surface area (Å²) in [5.41, 5.74) is 0.642. The third-order valence-electron chi connectivity index (χ3n) is 3.02. The molecular formula is C16H17BrO2. The Balaban J connectivity index is 2.32. The van der Waals surface area contributed by atoms with Crippen LogP contribution in [0, 0.1) is 0 Å². The van der Waals surface area contributed by atoms with Gasteiger partial charge in [0.25, 0.3) is 0 Å². The molecule has 0 spiro atoms. The fourth-order valence-corrected chi connectivity index (χ4v) is 2.55. The van der Waals surface area contributed by atoms with Crippen LogP contribution in [-0.2, 0) is 0 Å². The molecule has 0 aliphatic rings. The lowest BCUT2D eigenvalue weighted by Crippen LogP contribution is -2.08. The van der Waals surface area contributed by atoms with Crippen LogP contribution in [0.15, 0.2) is 36.4 Å². The van der Waals surface area contributed by atoms with Gasteiger partial charge in [-0.2, -0.15) is 0 Å². The topological polar surface area (TPSA) is 26.3 Å². The number of rotatable bonds is 6. The maximum atomic E-state index is 11.0. The van der Waals surface area contributed by atoms with E-state index in [1.807, 2.05) is 30.3 Å². The van der Waals surface area contributed by atoms with Gasteiger partial charge in [-0.1, -0.05) is 37.6 Å². The highest BCUT2D eigenvalue weighted by atomic mass is 79.9. The van der Waals surface area contributed by atoms with E-state index in [2.05, 4.69) is 22.9 Å². The summed E-state index contributed by atoms with van der Waals surface area (Å²) in [6.07, 6.45) is 4.06. The molecule has 0 aromatic heterocycles. The Hall–Kier alpha value is -1.35.